The van der Waals surface area contributed by atoms with Crippen LogP contribution in [0.4, 0.5) is 11.8 Å². The predicted molar refractivity (Wildman–Crippen MR) is 70.2 cm³/mol. The SMILES string of the molecule is CC(C)CNc1nccc(N2CCC(N)C2)n1. The third-order valence-electron chi connectivity index (χ3n) is 2.86. The van der Waals surface area contributed by atoms with E-state index in [1.54, 1.807) is 6.20 Å². The van der Waals surface area contributed by atoms with Crippen LogP contribution in [0.25, 0.3) is 0 Å². The molecule has 1 saturated heterocycles. The molecule has 0 radical (unpaired) electrons. The third-order valence-corrected chi connectivity index (χ3v) is 2.86. The van der Waals surface area contributed by atoms with Gasteiger partial charge in [0, 0.05) is 31.9 Å². The molecule has 17 heavy (non-hydrogen) atoms. The first-order valence-electron chi connectivity index (χ1n) is 6.22. The molecular weight excluding hydrogens is 214 g/mol. The zero-order valence-electron chi connectivity index (χ0n) is 10.6. The Labute approximate surface area is 102 Å². The number of rotatable bonds is 4. The van der Waals surface area contributed by atoms with Gasteiger partial charge >= 0.3 is 0 Å². The van der Waals surface area contributed by atoms with Gasteiger partial charge in [0.15, 0.2) is 0 Å². The fourth-order valence-electron chi connectivity index (χ4n) is 1.90. The smallest absolute Gasteiger partial charge is 0.224 e. The van der Waals surface area contributed by atoms with Crippen molar-refractivity contribution in [2.75, 3.05) is 29.9 Å². The first-order chi connectivity index (χ1) is 8.15. The van der Waals surface area contributed by atoms with Crippen molar-refractivity contribution in [3.8, 4) is 0 Å². The molecule has 3 N–H and O–H groups in total. The molecule has 94 valence electrons. The number of hydrogen-bond acceptors (Lipinski definition) is 5. The van der Waals surface area contributed by atoms with E-state index in [0.29, 0.717) is 11.9 Å². The molecule has 5 heteroatoms. The van der Waals surface area contributed by atoms with E-state index in [2.05, 4.69) is 34.0 Å². The minimum absolute atomic E-state index is 0.275. The van der Waals surface area contributed by atoms with Gasteiger partial charge in [0.25, 0.3) is 0 Å². The van der Waals surface area contributed by atoms with Crippen LogP contribution in [-0.2, 0) is 0 Å². The second-order valence-corrected chi connectivity index (χ2v) is 5.01. The molecule has 0 aromatic carbocycles. The van der Waals surface area contributed by atoms with E-state index in [9.17, 15) is 0 Å². The molecular formula is C12H21N5. The Morgan fingerprint density at radius 3 is 3.06 bits per heavy atom. The molecule has 5 nitrogen and oxygen atoms in total. The van der Waals surface area contributed by atoms with Gasteiger partial charge in [0.2, 0.25) is 5.95 Å². The Kier molecular flexibility index (Phi) is 3.78. The standard InChI is InChI=1S/C12H21N5/c1-9(2)7-15-12-14-5-3-11(16-12)17-6-4-10(13)8-17/h3,5,9-10H,4,6-8,13H2,1-2H3,(H,14,15,16). The molecule has 0 bridgehead atoms. The Morgan fingerprint density at radius 2 is 2.41 bits per heavy atom. The summed E-state index contributed by atoms with van der Waals surface area (Å²) >= 11 is 0. The molecule has 1 aromatic rings. The fourth-order valence-corrected chi connectivity index (χ4v) is 1.90. The lowest BCUT2D eigenvalue weighted by Crippen LogP contribution is -2.27. The first-order valence-corrected chi connectivity index (χ1v) is 6.22. The van der Waals surface area contributed by atoms with Crippen LogP contribution >= 0.6 is 0 Å². The Balaban J connectivity index is 2.01. The highest BCUT2D eigenvalue weighted by Gasteiger charge is 2.20. The van der Waals surface area contributed by atoms with E-state index in [-0.39, 0.29) is 6.04 Å². The lowest BCUT2D eigenvalue weighted by atomic mass is 10.2. The van der Waals surface area contributed by atoms with Crippen LogP contribution in [0.3, 0.4) is 0 Å². The monoisotopic (exact) mass is 235 g/mol. The van der Waals surface area contributed by atoms with Crippen molar-refractivity contribution in [2.24, 2.45) is 11.7 Å². The van der Waals surface area contributed by atoms with Crippen molar-refractivity contribution in [2.45, 2.75) is 26.3 Å². The van der Waals surface area contributed by atoms with Crippen LogP contribution in [0.1, 0.15) is 20.3 Å². The Morgan fingerprint density at radius 1 is 1.59 bits per heavy atom. The van der Waals surface area contributed by atoms with Gasteiger partial charge in [-0.25, -0.2) is 4.98 Å². The minimum Gasteiger partial charge on any atom is -0.355 e. The summed E-state index contributed by atoms with van der Waals surface area (Å²) in [6, 6.07) is 2.22. The van der Waals surface area contributed by atoms with E-state index in [0.717, 1.165) is 31.9 Å². The van der Waals surface area contributed by atoms with Crippen LogP contribution in [0.5, 0.6) is 0 Å². The summed E-state index contributed by atoms with van der Waals surface area (Å²) in [5.41, 5.74) is 5.90. The average molecular weight is 235 g/mol. The van der Waals surface area contributed by atoms with E-state index in [1.807, 2.05) is 6.07 Å². The van der Waals surface area contributed by atoms with Gasteiger partial charge in [-0.05, 0) is 18.4 Å². The van der Waals surface area contributed by atoms with Crippen molar-refractivity contribution in [3.05, 3.63) is 12.3 Å². The minimum atomic E-state index is 0.275. The van der Waals surface area contributed by atoms with Crippen LogP contribution in [0.15, 0.2) is 12.3 Å². The summed E-state index contributed by atoms with van der Waals surface area (Å²) in [6.45, 7) is 7.10. The van der Waals surface area contributed by atoms with Crippen molar-refractivity contribution in [1.29, 1.82) is 0 Å². The van der Waals surface area contributed by atoms with Gasteiger partial charge < -0.3 is 16.0 Å². The zero-order valence-corrected chi connectivity index (χ0v) is 10.6. The fraction of sp³-hybridized carbons (Fsp3) is 0.667. The average Bonchev–Trinajstić information content (AvgIpc) is 2.74. The molecule has 0 saturated carbocycles. The highest BCUT2D eigenvalue weighted by molar-refractivity contribution is 5.43. The number of aromatic nitrogens is 2. The molecule has 1 aliphatic rings. The van der Waals surface area contributed by atoms with Gasteiger partial charge in [0.05, 0.1) is 0 Å². The second-order valence-electron chi connectivity index (χ2n) is 5.01. The van der Waals surface area contributed by atoms with Crippen LogP contribution in [-0.4, -0.2) is 35.6 Å². The van der Waals surface area contributed by atoms with E-state index in [1.165, 1.54) is 0 Å². The van der Waals surface area contributed by atoms with Gasteiger partial charge in [0.1, 0.15) is 5.82 Å². The maximum absolute atomic E-state index is 5.90. The van der Waals surface area contributed by atoms with E-state index < -0.39 is 0 Å². The molecule has 1 aromatic heterocycles. The maximum Gasteiger partial charge on any atom is 0.224 e. The first kappa shape index (κ1) is 12.1. The topological polar surface area (TPSA) is 67.1 Å². The zero-order chi connectivity index (χ0) is 12.3. The highest BCUT2D eigenvalue weighted by Crippen LogP contribution is 2.17. The number of anilines is 2. The molecule has 2 heterocycles. The highest BCUT2D eigenvalue weighted by atomic mass is 15.2. The molecule has 1 fully saturated rings. The normalized spacial score (nSPS) is 20.0. The number of hydrogen-bond donors (Lipinski definition) is 2. The molecule has 0 spiro atoms. The molecule has 0 aliphatic carbocycles. The number of nitrogens with zero attached hydrogens (tertiary/aromatic N) is 3. The lowest BCUT2D eigenvalue weighted by Gasteiger charge is -2.17. The molecule has 1 aliphatic heterocycles. The maximum atomic E-state index is 5.90. The summed E-state index contributed by atoms with van der Waals surface area (Å²) in [5, 5.41) is 3.24. The van der Waals surface area contributed by atoms with Crippen molar-refractivity contribution >= 4 is 11.8 Å². The van der Waals surface area contributed by atoms with Gasteiger partial charge in [-0.2, -0.15) is 4.98 Å². The molecule has 1 atom stereocenters. The van der Waals surface area contributed by atoms with Crippen molar-refractivity contribution < 1.29 is 0 Å². The quantitative estimate of drug-likeness (QED) is 0.817. The molecule has 2 rings (SSSR count). The van der Waals surface area contributed by atoms with Crippen LogP contribution in [0, 0.1) is 5.92 Å². The summed E-state index contributed by atoms with van der Waals surface area (Å²) in [5.74, 6) is 2.26. The summed E-state index contributed by atoms with van der Waals surface area (Å²) < 4.78 is 0. The van der Waals surface area contributed by atoms with E-state index >= 15 is 0 Å². The predicted octanol–water partition coefficient (Wildman–Crippen LogP) is 1.08. The van der Waals surface area contributed by atoms with Gasteiger partial charge in [-0.1, -0.05) is 13.8 Å². The Bertz CT molecular complexity index is 366. The summed E-state index contributed by atoms with van der Waals surface area (Å²) in [4.78, 5) is 10.9. The van der Waals surface area contributed by atoms with Crippen molar-refractivity contribution in [1.82, 2.24) is 9.97 Å². The summed E-state index contributed by atoms with van der Waals surface area (Å²) in [6.07, 6.45) is 2.84. The van der Waals surface area contributed by atoms with E-state index in [4.69, 9.17) is 5.73 Å². The number of nitrogens with two attached hydrogens (primary N) is 1. The van der Waals surface area contributed by atoms with Gasteiger partial charge in [-0.15, -0.1) is 0 Å². The third kappa shape index (κ3) is 3.30. The van der Waals surface area contributed by atoms with Crippen LogP contribution < -0.4 is 16.0 Å². The number of nitrogens with one attached hydrogen (secondary N) is 1. The molecule has 1 unspecified atom stereocenters. The lowest BCUT2D eigenvalue weighted by molar-refractivity contribution is 0.684. The second kappa shape index (κ2) is 5.31. The summed E-state index contributed by atoms with van der Waals surface area (Å²) in [7, 11) is 0. The largest absolute Gasteiger partial charge is 0.355 e. The van der Waals surface area contributed by atoms with Crippen molar-refractivity contribution in [3.63, 3.8) is 0 Å². The molecule has 0 amide bonds. The van der Waals surface area contributed by atoms with Gasteiger partial charge in [-0.3, -0.25) is 0 Å². The Hall–Kier alpha value is -1.36. The van der Waals surface area contributed by atoms with Crippen LogP contribution in [0.2, 0.25) is 0 Å².